The van der Waals surface area contributed by atoms with Gasteiger partial charge in [0.05, 0.1) is 45.6 Å². The van der Waals surface area contributed by atoms with E-state index in [1.54, 1.807) is 48.7 Å². The minimum absolute atomic E-state index is 0.0470. The molecule has 2 aromatic rings. The first-order chi connectivity index (χ1) is 13.4. The number of amides is 1. The standard InChI is InChI=1S/C21H23N3O4/c1-23(2)11-12-24-18(16-9-4-5-10-22-16)17(20(26)21(24)27)19(25)14-7-6-8-15(13-14)28-3/h4-10,13,18,25H,11-12H2,1-3H3/p+1/b19-17-/t18-/m1/s1. The summed E-state index contributed by atoms with van der Waals surface area (Å²) in [7, 11) is 5.47. The Bertz CT molecular complexity index is 909. The van der Waals surface area contributed by atoms with Crippen LogP contribution in [0.2, 0.25) is 0 Å². The third kappa shape index (κ3) is 3.75. The molecule has 0 radical (unpaired) electrons. The zero-order valence-corrected chi connectivity index (χ0v) is 16.2. The van der Waals surface area contributed by atoms with Crippen LogP contribution in [0.25, 0.3) is 5.76 Å². The van der Waals surface area contributed by atoms with E-state index < -0.39 is 17.7 Å². The van der Waals surface area contributed by atoms with Gasteiger partial charge in [-0.1, -0.05) is 18.2 Å². The number of carbonyl (C=O) groups is 2. The van der Waals surface area contributed by atoms with Crippen molar-refractivity contribution in [3.63, 3.8) is 0 Å². The van der Waals surface area contributed by atoms with Crippen molar-refractivity contribution in [2.24, 2.45) is 0 Å². The number of rotatable bonds is 6. The molecule has 146 valence electrons. The lowest BCUT2D eigenvalue weighted by Gasteiger charge is -2.24. The van der Waals surface area contributed by atoms with Gasteiger partial charge in [-0.25, -0.2) is 0 Å². The summed E-state index contributed by atoms with van der Waals surface area (Å²) in [6.07, 6.45) is 1.61. The van der Waals surface area contributed by atoms with Crippen LogP contribution in [0.4, 0.5) is 0 Å². The molecule has 1 amide bonds. The van der Waals surface area contributed by atoms with Crippen LogP contribution >= 0.6 is 0 Å². The maximum Gasteiger partial charge on any atom is 0.295 e. The van der Waals surface area contributed by atoms with Crippen LogP contribution in [0, 0.1) is 0 Å². The number of aliphatic hydroxyl groups excluding tert-OH is 1. The fourth-order valence-corrected chi connectivity index (χ4v) is 3.23. The molecular weight excluding hydrogens is 358 g/mol. The summed E-state index contributed by atoms with van der Waals surface area (Å²) in [5.74, 6) is -1.01. The highest BCUT2D eigenvalue weighted by Gasteiger charge is 2.46. The number of aliphatic hydroxyl groups is 1. The third-order valence-corrected chi connectivity index (χ3v) is 4.70. The number of ether oxygens (including phenoxy) is 1. The molecule has 1 atom stereocenters. The molecule has 7 heteroatoms. The van der Waals surface area contributed by atoms with E-state index in [9.17, 15) is 14.7 Å². The van der Waals surface area contributed by atoms with Gasteiger partial charge >= 0.3 is 0 Å². The first kappa shape index (κ1) is 19.6. The van der Waals surface area contributed by atoms with E-state index >= 15 is 0 Å². The van der Waals surface area contributed by atoms with Crippen LogP contribution in [-0.4, -0.2) is 61.0 Å². The Hall–Kier alpha value is -3.19. The Morgan fingerprint density at radius 3 is 2.64 bits per heavy atom. The van der Waals surface area contributed by atoms with Gasteiger partial charge < -0.3 is 19.6 Å². The number of nitrogens with zero attached hydrogens (tertiary/aromatic N) is 2. The first-order valence-electron chi connectivity index (χ1n) is 9.07. The third-order valence-electron chi connectivity index (χ3n) is 4.70. The topological polar surface area (TPSA) is 84.2 Å². The van der Waals surface area contributed by atoms with Gasteiger partial charge in [0, 0.05) is 11.8 Å². The van der Waals surface area contributed by atoms with Gasteiger partial charge in [0.2, 0.25) is 0 Å². The Balaban J connectivity index is 2.13. The number of aromatic nitrogens is 1. The highest BCUT2D eigenvalue weighted by Crippen LogP contribution is 2.38. The summed E-state index contributed by atoms with van der Waals surface area (Å²) >= 11 is 0. The molecule has 1 aromatic heterocycles. The van der Waals surface area contributed by atoms with Gasteiger partial charge in [-0.05, 0) is 24.3 Å². The van der Waals surface area contributed by atoms with Gasteiger partial charge in [0.25, 0.3) is 11.7 Å². The molecule has 28 heavy (non-hydrogen) atoms. The molecule has 3 rings (SSSR count). The second-order valence-electron chi connectivity index (χ2n) is 6.94. The van der Waals surface area contributed by atoms with E-state index in [0.717, 1.165) is 4.90 Å². The number of Topliss-reactive ketones (excluding diaryl/α,β-unsaturated/α-hetero) is 1. The van der Waals surface area contributed by atoms with Gasteiger partial charge in [0.1, 0.15) is 17.6 Å². The van der Waals surface area contributed by atoms with Crippen molar-refractivity contribution < 1.29 is 24.3 Å². The number of methoxy groups -OCH3 is 1. The number of quaternary nitrogens is 1. The number of hydrogen-bond acceptors (Lipinski definition) is 5. The van der Waals surface area contributed by atoms with E-state index in [4.69, 9.17) is 4.74 Å². The molecular formula is C21H24N3O4+. The Morgan fingerprint density at radius 2 is 2.00 bits per heavy atom. The Labute approximate surface area is 163 Å². The summed E-state index contributed by atoms with van der Waals surface area (Å²) in [6, 6.07) is 11.3. The average Bonchev–Trinajstić information content (AvgIpc) is 2.97. The summed E-state index contributed by atoms with van der Waals surface area (Å²) in [6.45, 7) is 1.04. The van der Waals surface area contributed by atoms with Crippen molar-refractivity contribution in [3.8, 4) is 5.75 Å². The molecule has 1 fully saturated rings. The molecule has 0 aliphatic carbocycles. The average molecular weight is 382 g/mol. The van der Waals surface area contributed by atoms with Crippen LogP contribution in [0.1, 0.15) is 17.3 Å². The molecule has 0 spiro atoms. The van der Waals surface area contributed by atoms with Crippen molar-refractivity contribution in [1.29, 1.82) is 0 Å². The largest absolute Gasteiger partial charge is 0.507 e. The molecule has 0 bridgehead atoms. The van der Waals surface area contributed by atoms with Crippen molar-refractivity contribution in [3.05, 3.63) is 65.5 Å². The molecule has 1 aromatic carbocycles. The fraction of sp³-hybridized carbons (Fsp3) is 0.286. The molecule has 7 nitrogen and oxygen atoms in total. The van der Waals surface area contributed by atoms with Crippen LogP contribution in [0.15, 0.2) is 54.2 Å². The molecule has 1 saturated heterocycles. The Kier molecular flexibility index (Phi) is 5.75. The lowest BCUT2D eigenvalue weighted by Crippen LogP contribution is -3.06. The van der Waals surface area contributed by atoms with Gasteiger partial charge in [0.15, 0.2) is 0 Å². The van der Waals surface area contributed by atoms with E-state index in [2.05, 4.69) is 4.98 Å². The quantitative estimate of drug-likeness (QED) is 0.436. The summed E-state index contributed by atoms with van der Waals surface area (Å²) in [5.41, 5.74) is 1.00. The van der Waals surface area contributed by atoms with Crippen LogP contribution < -0.4 is 9.64 Å². The second-order valence-corrected chi connectivity index (χ2v) is 6.94. The predicted molar refractivity (Wildman–Crippen MR) is 104 cm³/mol. The van der Waals surface area contributed by atoms with E-state index in [-0.39, 0.29) is 11.3 Å². The maximum atomic E-state index is 12.8. The molecule has 0 unspecified atom stereocenters. The molecule has 2 N–H and O–H groups in total. The predicted octanol–water partition coefficient (Wildman–Crippen LogP) is 0.656. The summed E-state index contributed by atoms with van der Waals surface area (Å²) in [4.78, 5) is 32.6. The number of carbonyl (C=O) groups excluding carboxylic acids is 2. The second kappa shape index (κ2) is 8.22. The highest BCUT2D eigenvalue weighted by molar-refractivity contribution is 6.46. The lowest BCUT2D eigenvalue weighted by atomic mass is 9.98. The first-order valence-corrected chi connectivity index (χ1v) is 9.07. The van der Waals surface area contributed by atoms with Gasteiger partial charge in [-0.2, -0.15) is 0 Å². The van der Waals surface area contributed by atoms with Gasteiger partial charge in [-0.15, -0.1) is 0 Å². The summed E-state index contributed by atoms with van der Waals surface area (Å²) < 4.78 is 5.20. The van der Waals surface area contributed by atoms with Crippen LogP contribution in [-0.2, 0) is 9.59 Å². The number of likely N-dealkylation sites (tertiary alicyclic amines) is 1. The number of hydrogen-bond donors (Lipinski definition) is 2. The minimum Gasteiger partial charge on any atom is -0.507 e. The molecule has 0 saturated carbocycles. The van der Waals surface area contributed by atoms with Crippen LogP contribution in [0.5, 0.6) is 5.75 Å². The number of pyridine rings is 1. The number of nitrogens with one attached hydrogen (secondary N) is 1. The van der Waals surface area contributed by atoms with Crippen molar-refractivity contribution in [1.82, 2.24) is 9.88 Å². The van der Waals surface area contributed by atoms with Crippen molar-refractivity contribution in [2.75, 3.05) is 34.3 Å². The number of ketones is 1. The zero-order chi connectivity index (χ0) is 20.3. The summed E-state index contributed by atoms with van der Waals surface area (Å²) in [5, 5.41) is 10.9. The van der Waals surface area contributed by atoms with E-state index in [1.807, 2.05) is 14.1 Å². The molecule has 2 heterocycles. The van der Waals surface area contributed by atoms with Crippen molar-refractivity contribution in [2.45, 2.75) is 6.04 Å². The molecule has 1 aliphatic heterocycles. The monoisotopic (exact) mass is 382 g/mol. The fourth-order valence-electron chi connectivity index (χ4n) is 3.23. The highest BCUT2D eigenvalue weighted by atomic mass is 16.5. The van der Waals surface area contributed by atoms with Crippen LogP contribution in [0.3, 0.4) is 0 Å². The van der Waals surface area contributed by atoms with E-state index in [1.165, 1.54) is 12.0 Å². The minimum atomic E-state index is -0.730. The lowest BCUT2D eigenvalue weighted by molar-refractivity contribution is -0.857. The Morgan fingerprint density at radius 1 is 1.21 bits per heavy atom. The normalized spacial score (nSPS) is 18.7. The SMILES string of the molecule is COc1cccc(/C(O)=C2/C(=O)C(=O)N(CC[NH+](C)C)[C@@H]2c2ccccn2)c1. The smallest absolute Gasteiger partial charge is 0.295 e. The maximum absolute atomic E-state index is 12.8. The number of benzene rings is 1. The van der Waals surface area contributed by atoms with E-state index in [0.29, 0.717) is 30.1 Å². The zero-order valence-electron chi connectivity index (χ0n) is 16.2. The number of likely N-dealkylation sites (N-methyl/N-ethyl adjacent to an activating group) is 1. The molecule has 1 aliphatic rings. The van der Waals surface area contributed by atoms with Gasteiger partial charge in [-0.3, -0.25) is 14.6 Å². The van der Waals surface area contributed by atoms with Crippen molar-refractivity contribution >= 4 is 17.4 Å².